The number of urea groups is 1. The number of carbonyl (C=O) groups is 1. The van der Waals surface area contributed by atoms with E-state index in [1.54, 1.807) is 12.1 Å². The van der Waals surface area contributed by atoms with E-state index in [-0.39, 0.29) is 6.03 Å². The summed E-state index contributed by atoms with van der Waals surface area (Å²) in [5, 5.41) is 8.81. The maximum atomic E-state index is 11.7. The molecule has 2 amide bonds. The van der Waals surface area contributed by atoms with Crippen LogP contribution in [0, 0.1) is 13.8 Å². The zero-order valence-electron chi connectivity index (χ0n) is 10.7. The highest BCUT2D eigenvalue weighted by atomic mass is 35.5. The van der Waals surface area contributed by atoms with Crippen LogP contribution >= 0.6 is 22.9 Å². The molecule has 2 aromatic rings. The number of rotatable bonds is 3. The molecule has 2 N–H and O–H groups in total. The molecule has 0 aliphatic heterocycles. The molecule has 1 aromatic heterocycles. The largest absolute Gasteiger partial charge is 0.331 e. The van der Waals surface area contributed by atoms with Gasteiger partial charge in [-0.3, -0.25) is 0 Å². The van der Waals surface area contributed by atoms with Crippen molar-refractivity contribution in [1.82, 2.24) is 10.3 Å². The van der Waals surface area contributed by atoms with Crippen LogP contribution in [0.2, 0.25) is 5.02 Å². The molecule has 0 saturated heterocycles. The minimum Gasteiger partial charge on any atom is -0.331 e. The van der Waals surface area contributed by atoms with Gasteiger partial charge in [0.05, 0.1) is 17.3 Å². The molecular weight excluding hydrogens is 282 g/mol. The van der Waals surface area contributed by atoms with Crippen LogP contribution in [0.5, 0.6) is 0 Å². The van der Waals surface area contributed by atoms with Crippen molar-refractivity contribution >= 4 is 34.7 Å². The molecule has 0 atom stereocenters. The quantitative estimate of drug-likeness (QED) is 0.906. The maximum Gasteiger partial charge on any atom is 0.319 e. The summed E-state index contributed by atoms with van der Waals surface area (Å²) in [5.74, 6) is 0. The summed E-state index contributed by atoms with van der Waals surface area (Å²) < 4.78 is 0. The van der Waals surface area contributed by atoms with Gasteiger partial charge in [0.15, 0.2) is 0 Å². The maximum absolute atomic E-state index is 11.7. The van der Waals surface area contributed by atoms with E-state index >= 15 is 0 Å². The summed E-state index contributed by atoms with van der Waals surface area (Å²) in [6.07, 6.45) is 0. The number of benzene rings is 1. The topological polar surface area (TPSA) is 54.0 Å². The first-order valence-electron chi connectivity index (χ1n) is 5.76. The van der Waals surface area contributed by atoms with Crippen molar-refractivity contribution in [3.8, 4) is 0 Å². The molecule has 1 aromatic carbocycles. The van der Waals surface area contributed by atoms with Crippen LogP contribution in [0.1, 0.15) is 16.3 Å². The summed E-state index contributed by atoms with van der Waals surface area (Å²) in [4.78, 5) is 16.0. The summed E-state index contributed by atoms with van der Waals surface area (Å²) >= 11 is 7.56. The third-order valence-electron chi connectivity index (χ3n) is 2.44. The standard InChI is InChI=1S/C13H14ClN3OS/c1-8-3-4-11(10(14)5-8)17-13(18)15-6-12-16-9(2)7-19-12/h3-5,7H,6H2,1-2H3,(H2,15,17,18). The Morgan fingerprint density at radius 1 is 1.42 bits per heavy atom. The second-order valence-electron chi connectivity index (χ2n) is 4.17. The van der Waals surface area contributed by atoms with Gasteiger partial charge in [0.1, 0.15) is 5.01 Å². The van der Waals surface area contributed by atoms with Crippen molar-refractivity contribution in [2.45, 2.75) is 20.4 Å². The van der Waals surface area contributed by atoms with E-state index in [2.05, 4.69) is 15.6 Å². The van der Waals surface area contributed by atoms with E-state index in [1.807, 2.05) is 25.3 Å². The number of hydrogen-bond acceptors (Lipinski definition) is 3. The minimum atomic E-state index is -0.293. The van der Waals surface area contributed by atoms with E-state index in [4.69, 9.17) is 11.6 Å². The lowest BCUT2D eigenvalue weighted by Gasteiger charge is -2.08. The fourth-order valence-corrected chi connectivity index (χ4v) is 2.52. The average Bonchev–Trinajstić information content (AvgIpc) is 2.76. The molecule has 0 fully saturated rings. The van der Waals surface area contributed by atoms with Crippen molar-refractivity contribution in [2.75, 3.05) is 5.32 Å². The first-order chi connectivity index (χ1) is 9.04. The molecule has 0 unspecified atom stereocenters. The van der Waals surface area contributed by atoms with E-state index in [0.717, 1.165) is 16.3 Å². The number of aryl methyl sites for hydroxylation is 2. The van der Waals surface area contributed by atoms with Crippen molar-refractivity contribution < 1.29 is 4.79 Å². The molecule has 0 aliphatic rings. The van der Waals surface area contributed by atoms with Gasteiger partial charge >= 0.3 is 6.03 Å². The number of nitrogens with one attached hydrogen (secondary N) is 2. The Kier molecular flexibility index (Phi) is 4.39. The molecule has 1 heterocycles. The Labute approximate surface area is 120 Å². The third-order valence-corrected chi connectivity index (χ3v) is 3.72. The monoisotopic (exact) mass is 295 g/mol. The zero-order chi connectivity index (χ0) is 13.8. The second-order valence-corrected chi connectivity index (χ2v) is 5.52. The molecule has 19 heavy (non-hydrogen) atoms. The molecule has 4 nitrogen and oxygen atoms in total. The smallest absolute Gasteiger partial charge is 0.319 e. The van der Waals surface area contributed by atoms with Crippen LogP contribution in [0.4, 0.5) is 10.5 Å². The lowest BCUT2D eigenvalue weighted by Crippen LogP contribution is -2.28. The van der Waals surface area contributed by atoms with Gasteiger partial charge in [-0.2, -0.15) is 0 Å². The van der Waals surface area contributed by atoms with Crippen molar-refractivity contribution in [3.63, 3.8) is 0 Å². The van der Waals surface area contributed by atoms with Gasteiger partial charge in [0.25, 0.3) is 0 Å². The predicted molar refractivity (Wildman–Crippen MR) is 78.9 cm³/mol. The van der Waals surface area contributed by atoms with E-state index < -0.39 is 0 Å². The van der Waals surface area contributed by atoms with Crippen molar-refractivity contribution in [1.29, 1.82) is 0 Å². The number of nitrogens with zero attached hydrogens (tertiary/aromatic N) is 1. The average molecular weight is 296 g/mol. The van der Waals surface area contributed by atoms with Gasteiger partial charge in [0.2, 0.25) is 0 Å². The molecule has 100 valence electrons. The lowest BCUT2D eigenvalue weighted by atomic mass is 10.2. The van der Waals surface area contributed by atoms with Gasteiger partial charge in [-0.25, -0.2) is 9.78 Å². The van der Waals surface area contributed by atoms with Gasteiger partial charge in [-0.05, 0) is 31.5 Å². The van der Waals surface area contributed by atoms with Crippen LogP contribution in [-0.4, -0.2) is 11.0 Å². The van der Waals surface area contributed by atoms with Crippen LogP contribution in [0.3, 0.4) is 0 Å². The van der Waals surface area contributed by atoms with Crippen LogP contribution in [-0.2, 0) is 6.54 Å². The van der Waals surface area contributed by atoms with Crippen LogP contribution in [0.15, 0.2) is 23.6 Å². The minimum absolute atomic E-state index is 0.293. The molecule has 0 aliphatic carbocycles. The number of thiazole rings is 1. The number of halogens is 1. The number of aromatic nitrogens is 1. The molecule has 0 spiro atoms. The molecule has 6 heteroatoms. The zero-order valence-corrected chi connectivity index (χ0v) is 12.2. The highest BCUT2D eigenvalue weighted by Gasteiger charge is 2.06. The first kappa shape index (κ1) is 13.8. The van der Waals surface area contributed by atoms with Crippen LogP contribution < -0.4 is 10.6 Å². The summed E-state index contributed by atoms with van der Waals surface area (Å²) in [5.41, 5.74) is 2.61. The molecule has 0 bridgehead atoms. The van der Waals surface area contributed by atoms with E-state index in [1.165, 1.54) is 11.3 Å². The fraction of sp³-hybridized carbons (Fsp3) is 0.231. The summed E-state index contributed by atoms with van der Waals surface area (Å²) in [6, 6.07) is 5.19. The Balaban J connectivity index is 1.90. The number of hydrogen-bond donors (Lipinski definition) is 2. The number of anilines is 1. The molecular formula is C13H14ClN3OS. The van der Waals surface area contributed by atoms with Gasteiger partial charge < -0.3 is 10.6 Å². The van der Waals surface area contributed by atoms with E-state index in [0.29, 0.717) is 17.3 Å². The Morgan fingerprint density at radius 2 is 2.21 bits per heavy atom. The Hall–Kier alpha value is -1.59. The number of carbonyl (C=O) groups excluding carboxylic acids is 1. The van der Waals surface area contributed by atoms with Crippen LogP contribution in [0.25, 0.3) is 0 Å². The SMILES string of the molecule is Cc1ccc(NC(=O)NCc2nc(C)cs2)c(Cl)c1. The highest BCUT2D eigenvalue weighted by molar-refractivity contribution is 7.09. The molecule has 0 radical (unpaired) electrons. The third kappa shape index (κ3) is 3.94. The number of amides is 2. The summed E-state index contributed by atoms with van der Waals surface area (Å²) in [6.45, 7) is 4.28. The molecule has 2 rings (SSSR count). The molecule has 0 saturated carbocycles. The van der Waals surface area contributed by atoms with Gasteiger partial charge in [-0.1, -0.05) is 17.7 Å². The first-order valence-corrected chi connectivity index (χ1v) is 7.02. The fourth-order valence-electron chi connectivity index (χ4n) is 1.53. The Morgan fingerprint density at radius 3 is 2.84 bits per heavy atom. The van der Waals surface area contributed by atoms with Gasteiger partial charge in [0, 0.05) is 11.1 Å². The normalized spacial score (nSPS) is 10.3. The lowest BCUT2D eigenvalue weighted by molar-refractivity contribution is 0.251. The highest BCUT2D eigenvalue weighted by Crippen LogP contribution is 2.22. The Bertz CT molecular complexity index is 597. The summed E-state index contributed by atoms with van der Waals surface area (Å²) in [7, 11) is 0. The second kappa shape index (κ2) is 6.04. The van der Waals surface area contributed by atoms with Gasteiger partial charge in [-0.15, -0.1) is 11.3 Å². The van der Waals surface area contributed by atoms with E-state index in [9.17, 15) is 4.79 Å². The van der Waals surface area contributed by atoms with Crippen molar-refractivity contribution in [3.05, 3.63) is 44.9 Å². The predicted octanol–water partition coefficient (Wildman–Crippen LogP) is 3.74. The van der Waals surface area contributed by atoms with Crippen molar-refractivity contribution in [2.24, 2.45) is 0 Å².